The van der Waals surface area contributed by atoms with Gasteiger partial charge in [-0.3, -0.25) is 4.79 Å². The number of fused-ring (bicyclic) bond motifs is 1. The lowest BCUT2D eigenvalue weighted by Gasteiger charge is -2.43. The lowest BCUT2D eigenvalue weighted by Crippen LogP contribution is -2.34. The molecule has 0 bridgehead atoms. The third-order valence-corrected chi connectivity index (χ3v) is 7.59. The van der Waals surface area contributed by atoms with E-state index in [0.717, 1.165) is 42.9 Å². The maximum atomic E-state index is 13.4. The Morgan fingerprint density at radius 2 is 1.43 bits per heavy atom. The summed E-state index contributed by atoms with van der Waals surface area (Å²) >= 11 is 0. The monoisotopic (exact) mass is 498 g/mol. The van der Waals surface area contributed by atoms with Crippen LogP contribution in [0.25, 0.3) is 0 Å². The fraction of sp³-hybridized carbons (Fsp3) is 0.375. The van der Waals surface area contributed by atoms with Crippen molar-refractivity contribution in [1.29, 1.82) is 0 Å². The Bertz CT molecular complexity index is 1280. The average Bonchev–Trinajstić information content (AvgIpc) is 2.90. The van der Waals surface area contributed by atoms with Gasteiger partial charge in [0.05, 0.1) is 24.0 Å². The van der Waals surface area contributed by atoms with Crippen LogP contribution in [0.15, 0.2) is 66.7 Å². The molecule has 1 aliphatic rings. The molecule has 0 radical (unpaired) electrons. The third kappa shape index (κ3) is 5.41. The number of anilines is 3. The average molecular weight is 499 g/mol. The molecule has 0 heterocycles. The van der Waals surface area contributed by atoms with Crippen LogP contribution in [0.1, 0.15) is 85.7 Å². The topological polar surface area (TPSA) is 58.6 Å². The highest BCUT2D eigenvalue weighted by Crippen LogP contribution is 2.49. The van der Waals surface area contributed by atoms with Crippen molar-refractivity contribution in [3.8, 4) is 0 Å². The summed E-state index contributed by atoms with van der Waals surface area (Å²) in [6.07, 6.45) is 3.17. The van der Waals surface area contributed by atoms with E-state index in [2.05, 4.69) is 69.1 Å². The summed E-state index contributed by atoms with van der Waals surface area (Å²) in [5.74, 6) is -0.637. The van der Waals surface area contributed by atoms with Gasteiger partial charge in [-0.05, 0) is 89.8 Å². The minimum Gasteiger partial charge on any atom is -0.465 e. The maximum absolute atomic E-state index is 13.4. The van der Waals surface area contributed by atoms with E-state index in [1.165, 1.54) is 18.2 Å². The molecular weight excluding hydrogens is 460 g/mol. The number of para-hydroxylation sites is 1. The van der Waals surface area contributed by atoms with E-state index >= 15 is 0 Å². The van der Waals surface area contributed by atoms with Crippen molar-refractivity contribution in [1.82, 2.24) is 0 Å². The van der Waals surface area contributed by atoms with E-state index in [1.807, 2.05) is 18.2 Å². The molecule has 3 aromatic carbocycles. The molecule has 5 nitrogen and oxygen atoms in total. The van der Waals surface area contributed by atoms with E-state index in [4.69, 9.17) is 4.74 Å². The molecule has 0 saturated carbocycles. The van der Waals surface area contributed by atoms with Gasteiger partial charge in [0.15, 0.2) is 0 Å². The maximum Gasteiger partial charge on any atom is 0.337 e. The van der Waals surface area contributed by atoms with Crippen molar-refractivity contribution < 1.29 is 14.3 Å². The Labute approximate surface area is 220 Å². The van der Waals surface area contributed by atoms with Gasteiger partial charge in [-0.15, -0.1) is 0 Å². The quantitative estimate of drug-likeness (QED) is 0.340. The number of hydrogen-bond donors (Lipinski definition) is 1. The molecule has 0 unspecified atom stereocenters. The first-order valence-corrected chi connectivity index (χ1v) is 13.1. The molecule has 0 fully saturated rings. The summed E-state index contributed by atoms with van der Waals surface area (Å²) in [6, 6.07) is 21.4. The lowest BCUT2D eigenvalue weighted by molar-refractivity contribution is 0.0600. The van der Waals surface area contributed by atoms with E-state index in [-0.39, 0.29) is 16.7 Å². The summed E-state index contributed by atoms with van der Waals surface area (Å²) in [7, 11) is 1.35. The number of amides is 1. The number of carbonyl (C=O) groups is 2. The van der Waals surface area contributed by atoms with E-state index in [0.29, 0.717) is 11.1 Å². The Morgan fingerprint density at radius 1 is 0.865 bits per heavy atom. The molecule has 194 valence electrons. The molecule has 37 heavy (non-hydrogen) atoms. The molecule has 0 aromatic heterocycles. The first-order valence-electron chi connectivity index (χ1n) is 13.1. The largest absolute Gasteiger partial charge is 0.465 e. The minimum absolute atomic E-state index is 0.00730. The van der Waals surface area contributed by atoms with E-state index in [9.17, 15) is 9.59 Å². The third-order valence-electron chi connectivity index (χ3n) is 7.59. The van der Waals surface area contributed by atoms with Crippen molar-refractivity contribution in [2.45, 2.75) is 64.7 Å². The smallest absolute Gasteiger partial charge is 0.337 e. The van der Waals surface area contributed by atoms with Crippen LogP contribution in [-0.2, 0) is 15.6 Å². The number of nitrogens with zero attached hydrogens (tertiary/aromatic N) is 1. The van der Waals surface area contributed by atoms with Gasteiger partial charge in [-0.2, -0.15) is 0 Å². The number of ether oxygens (including phenoxy) is 1. The number of hydrogen-bond acceptors (Lipinski definition) is 4. The molecular formula is C32H38N2O3. The number of esters is 1. The Kier molecular flexibility index (Phi) is 7.44. The van der Waals surface area contributed by atoms with Gasteiger partial charge in [-0.25, -0.2) is 4.79 Å². The Hall–Kier alpha value is -3.60. The van der Waals surface area contributed by atoms with Crippen molar-refractivity contribution in [2.75, 3.05) is 23.9 Å². The first-order chi connectivity index (χ1) is 17.6. The fourth-order valence-electron chi connectivity index (χ4n) is 5.22. The molecule has 1 aliphatic carbocycles. The van der Waals surface area contributed by atoms with Crippen molar-refractivity contribution in [2.24, 2.45) is 0 Å². The fourth-order valence-corrected chi connectivity index (χ4v) is 5.22. The van der Waals surface area contributed by atoms with Crippen LogP contribution in [0.4, 0.5) is 17.1 Å². The molecule has 1 N–H and O–H groups in total. The van der Waals surface area contributed by atoms with Gasteiger partial charge < -0.3 is 15.0 Å². The molecule has 5 heteroatoms. The summed E-state index contributed by atoms with van der Waals surface area (Å²) in [5, 5.41) is 3.22. The second-order valence-corrected chi connectivity index (χ2v) is 11.2. The van der Waals surface area contributed by atoms with Crippen LogP contribution in [-0.4, -0.2) is 25.5 Å². The summed E-state index contributed by atoms with van der Waals surface area (Å²) in [4.78, 5) is 27.6. The molecule has 1 amide bonds. The Morgan fingerprint density at radius 3 is 2.00 bits per heavy atom. The van der Waals surface area contributed by atoms with E-state index < -0.39 is 5.97 Å². The van der Waals surface area contributed by atoms with Crippen molar-refractivity contribution >= 4 is 28.9 Å². The molecule has 0 spiro atoms. The highest BCUT2D eigenvalue weighted by molar-refractivity contribution is 6.07. The summed E-state index contributed by atoms with van der Waals surface area (Å²) in [5.41, 5.74) is 6.46. The number of rotatable bonds is 7. The van der Waals surface area contributed by atoms with Gasteiger partial charge in [-0.1, -0.05) is 52.8 Å². The van der Waals surface area contributed by atoms with Crippen molar-refractivity contribution in [3.63, 3.8) is 0 Å². The zero-order valence-electron chi connectivity index (χ0n) is 22.9. The SMILES string of the molecule is CCCN(c1ccccc1)c1cc2c(cc1NC(=O)c1ccc(C(=O)OC)cc1)C(C)(C)CCC2(C)C. The number of benzene rings is 3. The second-order valence-electron chi connectivity index (χ2n) is 11.2. The predicted molar refractivity (Wildman–Crippen MR) is 151 cm³/mol. The molecule has 0 saturated heterocycles. The number of methoxy groups -OCH3 is 1. The Balaban J connectivity index is 1.83. The minimum atomic E-state index is -0.424. The van der Waals surface area contributed by atoms with Gasteiger partial charge in [0.1, 0.15) is 0 Å². The van der Waals surface area contributed by atoms with Gasteiger partial charge in [0.2, 0.25) is 0 Å². The van der Waals surface area contributed by atoms with Crippen molar-refractivity contribution in [3.05, 3.63) is 89.0 Å². The highest BCUT2D eigenvalue weighted by Gasteiger charge is 2.38. The van der Waals surface area contributed by atoms with Crippen LogP contribution in [0.2, 0.25) is 0 Å². The lowest BCUT2D eigenvalue weighted by atomic mass is 9.63. The molecule has 0 atom stereocenters. The standard InChI is InChI=1S/C32H38N2O3/c1-7-19-34(24-11-9-8-10-12-24)28-21-26-25(31(2,3)17-18-32(26,4)5)20-27(28)33-29(35)22-13-15-23(16-14-22)30(36)37-6/h8-16,20-21H,7,17-19H2,1-6H3,(H,33,35). The normalized spacial score (nSPS) is 15.4. The number of nitrogens with one attached hydrogen (secondary N) is 1. The zero-order chi connectivity index (χ0) is 26.8. The van der Waals surface area contributed by atoms with E-state index in [1.54, 1.807) is 24.3 Å². The van der Waals surface area contributed by atoms with Gasteiger partial charge in [0, 0.05) is 17.8 Å². The highest BCUT2D eigenvalue weighted by atomic mass is 16.5. The molecule has 4 rings (SSSR count). The number of carbonyl (C=O) groups excluding carboxylic acids is 2. The van der Waals surface area contributed by atoms with Crippen LogP contribution >= 0.6 is 0 Å². The zero-order valence-corrected chi connectivity index (χ0v) is 22.9. The summed E-state index contributed by atoms with van der Waals surface area (Å²) < 4.78 is 4.78. The van der Waals surface area contributed by atoms with Crippen LogP contribution in [0, 0.1) is 0 Å². The van der Waals surface area contributed by atoms with Gasteiger partial charge in [0.25, 0.3) is 5.91 Å². The predicted octanol–water partition coefficient (Wildman–Crippen LogP) is 7.62. The second kappa shape index (κ2) is 10.4. The first kappa shape index (κ1) is 26.5. The van der Waals surface area contributed by atoms with Gasteiger partial charge >= 0.3 is 5.97 Å². The van der Waals surface area contributed by atoms with Crippen LogP contribution < -0.4 is 10.2 Å². The summed E-state index contributed by atoms with van der Waals surface area (Å²) in [6.45, 7) is 12.2. The molecule has 0 aliphatic heterocycles. The van der Waals surface area contributed by atoms with Crippen LogP contribution in [0.3, 0.4) is 0 Å². The molecule has 3 aromatic rings. The van der Waals surface area contributed by atoms with Crippen LogP contribution in [0.5, 0.6) is 0 Å².